The van der Waals surface area contributed by atoms with Crippen molar-refractivity contribution in [2.75, 3.05) is 43.0 Å². The Bertz CT molecular complexity index is 1370. The number of ether oxygens (including phenoxy) is 1. The van der Waals surface area contributed by atoms with Crippen LogP contribution < -0.4 is 20.3 Å². The molecular weight excluding hydrogens is 518 g/mol. The highest BCUT2D eigenvalue weighted by Gasteiger charge is 2.23. The first-order chi connectivity index (χ1) is 18.7. The molecule has 1 aliphatic rings. The van der Waals surface area contributed by atoms with E-state index < -0.39 is 10.8 Å². The zero-order valence-corrected chi connectivity index (χ0v) is 22.5. The molecule has 0 spiro atoms. The molecule has 0 aliphatic carbocycles. The maximum absolute atomic E-state index is 12.8. The molecule has 0 radical (unpaired) electrons. The summed E-state index contributed by atoms with van der Waals surface area (Å²) in [7, 11) is 0. The van der Waals surface area contributed by atoms with Gasteiger partial charge in [-0.05, 0) is 74.6 Å². The van der Waals surface area contributed by atoms with Gasteiger partial charge in [0.15, 0.2) is 10.9 Å². The van der Waals surface area contributed by atoms with E-state index >= 15 is 0 Å². The number of piperazine rings is 1. The SMILES string of the molecule is CCOc1ccc(C(=O)NC(=S)Nc2ccc(N3CCN(C(=O)c4ccc(C)cc4)CC3)cc2)cc1[N+](=O)[O-]. The lowest BCUT2D eigenvalue weighted by atomic mass is 10.1. The standard InChI is InChI=1S/C28H29N5O5S/c1-3-38-25-13-8-21(18-24(25)33(36)37)26(34)30-28(39)29-22-9-11-23(12-10-22)31-14-16-32(17-15-31)27(35)20-6-4-19(2)5-7-20/h4-13,18H,3,14-17H2,1-2H3,(H2,29,30,34,39). The van der Waals surface area contributed by atoms with Crippen LogP contribution in [-0.2, 0) is 0 Å². The summed E-state index contributed by atoms with van der Waals surface area (Å²) in [6.07, 6.45) is 0. The number of carbonyl (C=O) groups is 2. The third-order valence-electron chi connectivity index (χ3n) is 6.30. The van der Waals surface area contributed by atoms with E-state index in [1.807, 2.05) is 60.4 Å². The van der Waals surface area contributed by atoms with Crippen LogP contribution in [0.2, 0.25) is 0 Å². The molecule has 1 fully saturated rings. The highest BCUT2D eigenvalue weighted by atomic mass is 32.1. The van der Waals surface area contributed by atoms with Gasteiger partial charge in [-0.2, -0.15) is 0 Å². The highest BCUT2D eigenvalue weighted by Crippen LogP contribution is 2.28. The van der Waals surface area contributed by atoms with Gasteiger partial charge in [-0.3, -0.25) is 25.0 Å². The Labute approximate surface area is 231 Å². The van der Waals surface area contributed by atoms with Crippen molar-refractivity contribution in [1.82, 2.24) is 10.2 Å². The van der Waals surface area contributed by atoms with Gasteiger partial charge < -0.3 is 19.9 Å². The smallest absolute Gasteiger partial charge is 0.311 e. The predicted octanol–water partition coefficient (Wildman–Crippen LogP) is 4.39. The van der Waals surface area contributed by atoms with Gasteiger partial charge in [-0.15, -0.1) is 0 Å². The van der Waals surface area contributed by atoms with E-state index in [-0.39, 0.29) is 34.6 Å². The topological polar surface area (TPSA) is 117 Å². The molecule has 39 heavy (non-hydrogen) atoms. The van der Waals surface area contributed by atoms with Crippen LogP contribution in [0.25, 0.3) is 0 Å². The minimum absolute atomic E-state index is 0.0459. The minimum atomic E-state index is -0.596. The average molecular weight is 548 g/mol. The molecule has 4 rings (SSSR count). The summed E-state index contributed by atoms with van der Waals surface area (Å²) in [6.45, 7) is 6.68. The van der Waals surface area contributed by atoms with Crippen molar-refractivity contribution in [2.24, 2.45) is 0 Å². The lowest BCUT2D eigenvalue weighted by Gasteiger charge is -2.36. The lowest BCUT2D eigenvalue weighted by molar-refractivity contribution is -0.385. The fourth-order valence-electron chi connectivity index (χ4n) is 4.22. The minimum Gasteiger partial charge on any atom is -0.487 e. The Morgan fingerprint density at radius 2 is 1.62 bits per heavy atom. The maximum Gasteiger partial charge on any atom is 0.311 e. The van der Waals surface area contributed by atoms with Gasteiger partial charge in [-0.25, -0.2) is 0 Å². The van der Waals surface area contributed by atoms with Crippen molar-refractivity contribution in [3.63, 3.8) is 0 Å². The number of rotatable bonds is 7. The normalized spacial score (nSPS) is 13.0. The summed E-state index contributed by atoms with van der Waals surface area (Å²) >= 11 is 5.26. The summed E-state index contributed by atoms with van der Waals surface area (Å²) in [5, 5.41) is 16.9. The molecule has 1 heterocycles. The Hall–Kier alpha value is -4.51. The molecule has 3 aromatic carbocycles. The van der Waals surface area contributed by atoms with E-state index in [9.17, 15) is 19.7 Å². The lowest BCUT2D eigenvalue weighted by Crippen LogP contribution is -2.48. The van der Waals surface area contributed by atoms with Crippen LogP contribution >= 0.6 is 12.2 Å². The second-order valence-electron chi connectivity index (χ2n) is 8.97. The molecule has 3 aromatic rings. The van der Waals surface area contributed by atoms with Gasteiger partial charge in [0.25, 0.3) is 11.8 Å². The predicted molar refractivity (Wildman–Crippen MR) is 154 cm³/mol. The Balaban J connectivity index is 1.29. The Kier molecular flexibility index (Phi) is 8.72. The number of benzene rings is 3. The fourth-order valence-corrected chi connectivity index (χ4v) is 4.43. The van der Waals surface area contributed by atoms with Gasteiger partial charge >= 0.3 is 5.69 Å². The summed E-state index contributed by atoms with van der Waals surface area (Å²) in [4.78, 5) is 40.2. The molecule has 0 bridgehead atoms. The van der Waals surface area contributed by atoms with E-state index in [2.05, 4.69) is 15.5 Å². The first-order valence-electron chi connectivity index (χ1n) is 12.5. The van der Waals surface area contributed by atoms with Crippen LogP contribution in [0, 0.1) is 17.0 Å². The number of nitro groups is 1. The van der Waals surface area contributed by atoms with E-state index in [4.69, 9.17) is 17.0 Å². The number of thiocarbonyl (C=S) groups is 1. The van der Waals surface area contributed by atoms with Crippen LogP contribution in [0.15, 0.2) is 66.7 Å². The van der Waals surface area contributed by atoms with Gasteiger partial charge in [0.05, 0.1) is 11.5 Å². The molecule has 1 aliphatic heterocycles. The number of aryl methyl sites for hydroxylation is 1. The zero-order chi connectivity index (χ0) is 27.9. The summed E-state index contributed by atoms with van der Waals surface area (Å²) in [5.41, 5.74) is 3.31. The summed E-state index contributed by atoms with van der Waals surface area (Å²) in [5.74, 6) is -0.433. The van der Waals surface area contributed by atoms with Crippen LogP contribution in [0.4, 0.5) is 17.1 Å². The molecule has 1 saturated heterocycles. The molecule has 0 saturated carbocycles. The summed E-state index contributed by atoms with van der Waals surface area (Å²) in [6, 6.07) is 19.2. The molecule has 0 aromatic heterocycles. The number of amides is 2. The van der Waals surface area contributed by atoms with Crippen molar-refractivity contribution >= 4 is 46.2 Å². The van der Waals surface area contributed by atoms with Crippen molar-refractivity contribution in [2.45, 2.75) is 13.8 Å². The molecule has 10 nitrogen and oxygen atoms in total. The van der Waals surface area contributed by atoms with Gasteiger partial charge in [-0.1, -0.05) is 17.7 Å². The van der Waals surface area contributed by atoms with Crippen molar-refractivity contribution < 1.29 is 19.2 Å². The van der Waals surface area contributed by atoms with Crippen LogP contribution in [0.1, 0.15) is 33.2 Å². The number of anilines is 2. The quantitative estimate of drug-likeness (QED) is 0.254. The molecule has 0 unspecified atom stereocenters. The third kappa shape index (κ3) is 6.88. The number of nitrogens with one attached hydrogen (secondary N) is 2. The van der Waals surface area contributed by atoms with Crippen LogP contribution in [-0.4, -0.2) is 59.5 Å². The van der Waals surface area contributed by atoms with Crippen molar-refractivity contribution in [1.29, 1.82) is 0 Å². The number of nitrogens with zero attached hydrogens (tertiary/aromatic N) is 3. The molecular formula is C28H29N5O5S. The zero-order valence-electron chi connectivity index (χ0n) is 21.7. The van der Waals surface area contributed by atoms with Crippen LogP contribution in [0.3, 0.4) is 0 Å². The first-order valence-corrected chi connectivity index (χ1v) is 12.9. The van der Waals surface area contributed by atoms with Gasteiger partial charge in [0.1, 0.15) is 0 Å². The summed E-state index contributed by atoms with van der Waals surface area (Å²) < 4.78 is 5.25. The molecule has 2 N–H and O–H groups in total. The van der Waals surface area contributed by atoms with E-state index in [0.717, 1.165) is 17.3 Å². The second-order valence-corrected chi connectivity index (χ2v) is 9.38. The van der Waals surface area contributed by atoms with E-state index in [0.29, 0.717) is 37.4 Å². The number of hydrogen-bond acceptors (Lipinski definition) is 7. The van der Waals surface area contributed by atoms with Crippen molar-refractivity contribution in [3.05, 3.63) is 93.5 Å². The van der Waals surface area contributed by atoms with Crippen LogP contribution in [0.5, 0.6) is 5.75 Å². The number of hydrogen-bond donors (Lipinski definition) is 2. The van der Waals surface area contributed by atoms with E-state index in [1.165, 1.54) is 12.1 Å². The third-order valence-corrected chi connectivity index (χ3v) is 6.50. The first kappa shape index (κ1) is 27.5. The monoisotopic (exact) mass is 547 g/mol. The largest absolute Gasteiger partial charge is 0.487 e. The fraction of sp³-hybridized carbons (Fsp3) is 0.250. The van der Waals surface area contributed by atoms with E-state index in [1.54, 1.807) is 6.92 Å². The molecule has 202 valence electrons. The maximum atomic E-state index is 12.8. The van der Waals surface area contributed by atoms with Gasteiger partial charge in [0, 0.05) is 54.7 Å². The highest BCUT2D eigenvalue weighted by molar-refractivity contribution is 7.80. The molecule has 2 amide bonds. The average Bonchev–Trinajstić information content (AvgIpc) is 2.94. The van der Waals surface area contributed by atoms with Crippen molar-refractivity contribution in [3.8, 4) is 5.75 Å². The Morgan fingerprint density at radius 1 is 0.974 bits per heavy atom. The van der Waals surface area contributed by atoms with Gasteiger partial charge in [0.2, 0.25) is 0 Å². The Morgan fingerprint density at radius 3 is 2.23 bits per heavy atom. The number of carbonyl (C=O) groups excluding carboxylic acids is 2. The molecule has 0 atom stereocenters. The second kappa shape index (κ2) is 12.4. The number of nitro benzene ring substituents is 1. The molecule has 11 heteroatoms.